The Labute approximate surface area is 182 Å². The first-order valence-corrected chi connectivity index (χ1v) is 11.8. The van der Waals surface area contributed by atoms with Gasteiger partial charge in [0.1, 0.15) is 0 Å². The Balaban J connectivity index is 1.85. The maximum Gasteiger partial charge on any atom is 0.332 e. The quantitative estimate of drug-likeness (QED) is 0.537. The third-order valence-electron chi connectivity index (χ3n) is 6.06. The van der Waals surface area contributed by atoms with Gasteiger partial charge in [-0.1, -0.05) is 42.0 Å². The molecule has 0 bridgehead atoms. The molecule has 7 heteroatoms. The second-order valence-corrected chi connectivity index (χ2v) is 9.88. The van der Waals surface area contributed by atoms with Gasteiger partial charge in [-0.25, -0.2) is 13.2 Å². The zero-order chi connectivity index (χ0) is 22.2. The van der Waals surface area contributed by atoms with E-state index in [1.54, 1.807) is 43.3 Å². The van der Waals surface area contributed by atoms with Crippen LogP contribution in [0.5, 0.6) is 0 Å². The van der Waals surface area contributed by atoms with Crippen molar-refractivity contribution < 1.29 is 22.7 Å². The van der Waals surface area contributed by atoms with E-state index in [-0.39, 0.29) is 29.5 Å². The molecule has 1 saturated heterocycles. The van der Waals surface area contributed by atoms with Crippen molar-refractivity contribution in [2.45, 2.75) is 38.0 Å². The molecule has 0 amide bonds. The van der Waals surface area contributed by atoms with Gasteiger partial charge in [0.2, 0.25) is 0 Å². The SMILES string of the molecule is CCOC(=O)/C=C1\N(S(=O)(=O)c2ccc(C)cc2)CCCC12Cc1ccccc1C2=O. The molecule has 2 aromatic rings. The molecule has 31 heavy (non-hydrogen) atoms. The zero-order valence-electron chi connectivity index (χ0n) is 17.6. The summed E-state index contributed by atoms with van der Waals surface area (Å²) in [5, 5.41) is 0. The average molecular weight is 440 g/mol. The molecule has 0 aromatic heterocycles. The van der Waals surface area contributed by atoms with Crippen LogP contribution >= 0.6 is 0 Å². The number of nitrogens with zero attached hydrogens (tertiary/aromatic N) is 1. The van der Waals surface area contributed by atoms with E-state index in [9.17, 15) is 18.0 Å². The molecular formula is C24H25NO5S. The lowest BCUT2D eigenvalue weighted by atomic mass is 9.74. The second kappa shape index (κ2) is 7.96. The highest BCUT2D eigenvalue weighted by Gasteiger charge is 2.53. The van der Waals surface area contributed by atoms with Gasteiger partial charge in [-0.2, -0.15) is 0 Å². The number of ketones is 1. The summed E-state index contributed by atoms with van der Waals surface area (Å²) < 4.78 is 33.5. The van der Waals surface area contributed by atoms with E-state index < -0.39 is 21.4 Å². The van der Waals surface area contributed by atoms with Crippen LogP contribution in [-0.2, 0) is 26.0 Å². The lowest BCUT2D eigenvalue weighted by Gasteiger charge is -2.42. The van der Waals surface area contributed by atoms with Crippen LogP contribution in [0.4, 0.5) is 0 Å². The Hall–Kier alpha value is -2.93. The van der Waals surface area contributed by atoms with Crippen LogP contribution in [0.2, 0.25) is 0 Å². The van der Waals surface area contributed by atoms with Crippen molar-refractivity contribution in [2.24, 2.45) is 5.41 Å². The van der Waals surface area contributed by atoms with Gasteiger partial charge in [-0.3, -0.25) is 9.10 Å². The first-order valence-electron chi connectivity index (χ1n) is 10.4. The molecule has 4 rings (SSSR count). The van der Waals surface area contributed by atoms with Crippen molar-refractivity contribution >= 4 is 21.8 Å². The van der Waals surface area contributed by atoms with Crippen molar-refractivity contribution in [1.82, 2.24) is 4.31 Å². The third kappa shape index (κ3) is 3.57. The van der Waals surface area contributed by atoms with Crippen LogP contribution in [-0.4, -0.2) is 37.6 Å². The van der Waals surface area contributed by atoms with Crippen molar-refractivity contribution in [1.29, 1.82) is 0 Å². The fraction of sp³-hybridized carbons (Fsp3) is 0.333. The number of Topliss-reactive ketones (excluding diaryl/α,β-unsaturated/α-hetero) is 1. The predicted molar refractivity (Wildman–Crippen MR) is 116 cm³/mol. The fourth-order valence-electron chi connectivity index (χ4n) is 4.57. The minimum atomic E-state index is -3.96. The third-order valence-corrected chi connectivity index (χ3v) is 7.89. The molecule has 1 unspecified atom stereocenters. The van der Waals surface area contributed by atoms with Crippen LogP contribution in [0.3, 0.4) is 0 Å². The standard InChI is InChI=1S/C24H25NO5S/c1-3-30-22(26)15-21-24(16-18-7-4-5-8-20(18)23(24)27)13-6-14-25(21)31(28,29)19-11-9-17(2)10-12-19/h4-5,7-12,15H,3,6,13-14,16H2,1-2H3/b21-15-. The Kier molecular flexibility index (Phi) is 5.47. The van der Waals surface area contributed by atoms with Gasteiger partial charge in [0, 0.05) is 18.2 Å². The van der Waals surface area contributed by atoms with Gasteiger partial charge in [-0.05, 0) is 50.8 Å². The molecule has 2 aliphatic rings. The normalized spacial score (nSPS) is 22.1. The summed E-state index contributed by atoms with van der Waals surface area (Å²) in [5.41, 5.74) is 1.52. The predicted octanol–water partition coefficient (Wildman–Crippen LogP) is 3.65. The number of benzene rings is 2. The van der Waals surface area contributed by atoms with E-state index in [0.717, 1.165) is 11.1 Å². The lowest BCUT2D eigenvalue weighted by molar-refractivity contribution is -0.137. The Bertz CT molecular complexity index is 1170. The maximum atomic E-state index is 13.6. The molecular weight excluding hydrogens is 414 g/mol. The molecule has 0 N–H and O–H groups in total. The summed E-state index contributed by atoms with van der Waals surface area (Å²) in [6.45, 7) is 3.93. The summed E-state index contributed by atoms with van der Waals surface area (Å²) in [6.07, 6.45) is 2.57. The van der Waals surface area contributed by atoms with E-state index in [0.29, 0.717) is 24.8 Å². The van der Waals surface area contributed by atoms with Gasteiger partial charge in [0.25, 0.3) is 10.0 Å². The van der Waals surface area contributed by atoms with Crippen molar-refractivity contribution in [3.63, 3.8) is 0 Å². The zero-order valence-corrected chi connectivity index (χ0v) is 18.4. The van der Waals surface area contributed by atoms with Gasteiger partial charge in [0.05, 0.1) is 22.6 Å². The monoisotopic (exact) mass is 439 g/mol. The molecule has 1 atom stereocenters. The van der Waals surface area contributed by atoms with Crippen LogP contribution in [0, 0.1) is 12.3 Å². The Morgan fingerprint density at radius 2 is 1.87 bits per heavy atom. The number of sulfonamides is 1. The molecule has 1 aliphatic carbocycles. The summed E-state index contributed by atoms with van der Waals surface area (Å²) in [5.74, 6) is -0.783. The van der Waals surface area contributed by atoms with E-state index in [2.05, 4.69) is 0 Å². The largest absolute Gasteiger partial charge is 0.463 e. The number of hydrogen-bond donors (Lipinski definition) is 0. The topological polar surface area (TPSA) is 80.8 Å². The molecule has 6 nitrogen and oxygen atoms in total. The highest BCUT2D eigenvalue weighted by atomic mass is 32.2. The van der Waals surface area contributed by atoms with Gasteiger partial charge in [-0.15, -0.1) is 0 Å². The van der Waals surface area contributed by atoms with E-state index >= 15 is 0 Å². The Morgan fingerprint density at radius 3 is 2.55 bits per heavy atom. The number of fused-ring (bicyclic) bond motifs is 1. The number of rotatable bonds is 4. The fourth-order valence-corrected chi connectivity index (χ4v) is 6.16. The highest BCUT2D eigenvalue weighted by Crippen LogP contribution is 2.50. The Morgan fingerprint density at radius 1 is 1.16 bits per heavy atom. The number of ether oxygens (including phenoxy) is 1. The number of esters is 1. The number of aryl methyl sites for hydroxylation is 1. The van der Waals surface area contributed by atoms with Gasteiger partial charge in [0.15, 0.2) is 5.78 Å². The number of carbonyl (C=O) groups excluding carboxylic acids is 2. The van der Waals surface area contributed by atoms with Crippen LogP contribution in [0.15, 0.2) is 65.2 Å². The molecule has 1 aliphatic heterocycles. The van der Waals surface area contributed by atoms with E-state index in [1.165, 1.54) is 10.4 Å². The summed E-state index contributed by atoms with van der Waals surface area (Å²) in [6, 6.07) is 13.9. The summed E-state index contributed by atoms with van der Waals surface area (Å²) in [4.78, 5) is 26.1. The first kappa shape index (κ1) is 21.3. The molecule has 0 radical (unpaired) electrons. The van der Waals surface area contributed by atoms with Crippen LogP contribution in [0.25, 0.3) is 0 Å². The van der Waals surface area contributed by atoms with Crippen molar-refractivity contribution in [3.8, 4) is 0 Å². The summed E-state index contributed by atoms with van der Waals surface area (Å²) >= 11 is 0. The van der Waals surface area contributed by atoms with Crippen molar-refractivity contribution in [3.05, 3.63) is 77.0 Å². The molecule has 1 fully saturated rings. The summed E-state index contributed by atoms with van der Waals surface area (Å²) in [7, 11) is -3.96. The molecule has 162 valence electrons. The lowest BCUT2D eigenvalue weighted by Crippen LogP contribution is -2.47. The first-order chi connectivity index (χ1) is 14.8. The maximum absolute atomic E-state index is 13.6. The second-order valence-electron chi connectivity index (χ2n) is 8.02. The van der Waals surface area contributed by atoms with Crippen molar-refractivity contribution in [2.75, 3.05) is 13.2 Å². The minimum Gasteiger partial charge on any atom is -0.463 e. The molecule has 1 spiro atoms. The van der Waals surface area contributed by atoms with E-state index in [4.69, 9.17) is 4.74 Å². The minimum absolute atomic E-state index is 0.132. The molecule has 2 aromatic carbocycles. The van der Waals surface area contributed by atoms with Gasteiger partial charge < -0.3 is 4.74 Å². The highest BCUT2D eigenvalue weighted by molar-refractivity contribution is 7.89. The van der Waals surface area contributed by atoms with Gasteiger partial charge >= 0.3 is 5.97 Å². The van der Waals surface area contributed by atoms with Crippen LogP contribution in [0.1, 0.15) is 41.3 Å². The number of piperidine rings is 1. The van der Waals surface area contributed by atoms with Crippen LogP contribution < -0.4 is 0 Å². The number of allylic oxidation sites excluding steroid dienone is 1. The van der Waals surface area contributed by atoms with E-state index in [1.807, 2.05) is 19.1 Å². The number of hydrogen-bond acceptors (Lipinski definition) is 5. The molecule has 1 heterocycles. The molecule has 0 saturated carbocycles. The smallest absolute Gasteiger partial charge is 0.332 e. The number of carbonyl (C=O) groups is 2. The average Bonchev–Trinajstić information content (AvgIpc) is 3.02.